The van der Waals surface area contributed by atoms with Crippen molar-refractivity contribution in [1.82, 2.24) is 15.5 Å². The summed E-state index contributed by atoms with van der Waals surface area (Å²) in [6, 6.07) is 7.72. The van der Waals surface area contributed by atoms with E-state index in [4.69, 9.17) is 0 Å². The molecule has 1 atom stereocenters. The lowest BCUT2D eigenvalue weighted by atomic mass is 9.75. The third kappa shape index (κ3) is 3.06. The van der Waals surface area contributed by atoms with Gasteiger partial charge in [0.25, 0.3) is 5.91 Å². The number of hydrogen-bond donors (Lipinski definition) is 3. The number of rotatable bonds is 5. The highest BCUT2D eigenvalue weighted by molar-refractivity contribution is 5.92. The fraction of sp³-hybridized carbons (Fsp3) is 0.444. The predicted molar refractivity (Wildman–Crippen MR) is 85.9 cm³/mol. The minimum atomic E-state index is -0.318. The topological polar surface area (TPSA) is 78.0 Å². The van der Waals surface area contributed by atoms with E-state index in [-0.39, 0.29) is 29.8 Å². The number of nitrogens with zero attached hydrogens (tertiary/aromatic N) is 1. The van der Waals surface area contributed by atoms with E-state index in [0.29, 0.717) is 24.5 Å². The predicted octanol–water partition coefficient (Wildman–Crippen LogP) is 2.67. The van der Waals surface area contributed by atoms with E-state index in [0.717, 1.165) is 24.1 Å². The minimum absolute atomic E-state index is 0.149. The van der Waals surface area contributed by atoms with Crippen LogP contribution in [-0.4, -0.2) is 27.3 Å². The molecule has 1 aromatic heterocycles. The first-order valence-corrected chi connectivity index (χ1v) is 8.40. The number of carbonyl (C=O) groups excluding carboxylic acids is 1. The maximum absolute atomic E-state index is 13.2. The summed E-state index contributed by atoms with van der Waals surface area (Å²) in [6.07, 6.45) is 3.23. The summed E-state index contributed by atoms with van der Waals surface area (Å²) in [7, 11) is 0. The first-order chi connectivity index (χ1) is 11.6. The Hall–Kier alpha value is -2.21. The van der Waals surface area contributed by atoms with Gasteiger partial charge in [-0.1, -0.05) is 12.1 Å². The van der Waals surface area contributed by atoms with Crippen LogP contribution in [0.5, 0.6) is 0 Å². The number of amides is 1. The Balaban J connectivity index is 1.51. The highest BCUT2D eigenvalue weighted by atomic mass is 19.1. The van der Waals surface area contributed by atoms with Crippen LogP contribution < -0.4 is 5.32 Å². The molecule has 2 saturated carbocycles. The molecule has 0 radical (unpaired) electrons. The van der Waals surface area contributed by atoms with E-state index in [1.54, 1.807) is 12.1 Å². The number of aromatic amines is 1. The molecule has 1 amide bonds. The number of halogens is 1. The van der Waals surface area contributed by atoms with Crippen LogP contribution in [0.1, 0.15) is 59.4 Å². The van der Waals surface area contributed by atoms with Crippen LogP contribution in [-0.2, 0) is 0 Å². The number of hydrogen-bond acceptors (Lipinski definition) is 3. The van der Waals surface area contributed by atoms with E-state index in [9.17, 15) is 14.3 Å². The summed E-state index contributed by atoms with van der Waals surface area (Å²) >= 11 is 0. The lowest BCUT2D eigenvalue weighted by molar-refractivity contribution is 0.0234. The van der Waals surface area contributed by atoms with Crippen LogP contribution in [0.25, 0.3) is 0 Å². The molecule has 5 nitrogen and oxygen atoms in total. The molecule has 2 aliphatic rings. The Kier molecular flexibility index (Phi) is 3.84. The molecule has 1 heterocycles. The molecule has 2 aromatic rings. The summed E-state index contributed by atoms with van der Waals surface area (Å²) in [5, 5.41) is 19.6. The van der Waals surface area contributed by atoms with E-state index >= 15 is 0 Å². The molecular weight excluding hydrogens is 309 g/mol. The molecule has 1 unspecified atom stereocenters. The van der Waals surface area contributed by atoms with Crippen molar-refractivity contribution in [3.8, 4) is 0 Å². The third-order valence-electron chi connectivity index (χ3n) is 4.98. The van der Waals surface area contributed by atoms with E-state index in [1.807, 2.05) is 6.07 Å². The first kappa shape index (κ1) is 15.3. The SMILES string of the molecule is O=C(NC(c1ccc(F)cc1)C1CC(O)C1)c1cc(C2CC2)[nH]n1. The van der Waals surface area contributed by atoms with Gasteiger partial charge in [0.15, 0.2) is 0 Å². The monoisotopic (exact) mass is 329 g/mol. The summed E-state index contributed by atoms with van der Waals surface area (Å²) in [5.41, 5.74) is 2.24. The fourth-order valence-electron chi connectivity index (χ4n) is 3.32. The van der Waals surface area contributed by atoms with Gasteiger partial charge < -0.3 is 10.4 Å². The number of H-pyrrole nitrogens is 1. The van der Waals surface area contributed by atoms with Gasteiger partial charge >= 0.3 is 0 Å². The normalized spacial score (nSPS) is 24.2. The summed E-state index contributed by atoms with van der Waals surface area (Å²) in [5.74, 6) is 0.109. The van der Waals surface area contributed by atoms with E-state index < -0.39 is 0 Å². The number of aliphatic hydroxyl groups excluding tert-OH is 1. The maximum atomic E-state index is 13.2. The van der Waals surface area contributed by atoms with Crippen LogP contribution in [0.2, 0.25) is 0 Å². The average molecular weight is 329 g/mol. The molecule has 0 aliphatic heterocycles. The Morgan fingerprint density at radius 1 is 1.29 bits per heavy atom. The average Bonchev–Trinajstić information content (AvgIpc) is 3.28. The van der Waals surface area contributed by atoms with Gasteiger partial charge in [-0.25, -0.2) is 4.39 Å². The summed E-state index contributed by atoms with van der Waals surface area (Å²) in [6.45, 7) is 0. The van der Waals surface area contributed by atoms with Gasteiger partial charge in [0, 0.05) is 11.6 Å². The molecule has 4 rings (SSSR count). The maximum Gasteiger partial charge on any atom is 0.272 e. The van der Waals surface area contributed by atoms with Gasteiger partial charge in [0.2, 0.25) is 0 Å². The zero-order valence-electron chi connectivity index (χ0n) is 13.2. The van der Waals surface area contributed by atoms with Crippen LogP contribution in [0.3, 0.4) is 0 Å². The molecular formula is C18H20FN3O2. The summed E-state index contributed by atoms with van der Waals surface area (Å²) in [4.78, 5) is 12.5. The van der Waals surface area contributed by atoms with Crippen LogP contribution in [0.4, 0.5) is 4.39 Å². The van der Waals surface area contributed by atoms with Crippen molar-refractivity contribution in [2.45, 2.75) is 43.7 Å². The third-order valence-corrected chi connectivity index (χ3v) is 4.98. The van der Waals surface area contributed by atoms with Crippen molar-refractivity contribution in [3.63, 3.8) is 0 Å². The highest BCUT2D eigenvalue weighted by Crippen LogP contribution is 2.40. The second-order valence-electron chi connectivity index (χ2n) is 6.87. The molecule has 6 heteroatoms. The highest BCUT2D eigenvalue weighted by Gasteiger charge is 2.36. The molecule has 3 N–H and O–H groups in total. The second kappa shape index (κ2) is 6.02. The Bertz CT molecular complexity index is 733. The first-order valence-electron chi connectivity index (χ1n) is 8.40. The van der Waals surface area contributed by atoms with E-state index in [2.05, 4.69) is 15.5 Å². The van der Waals surface area contributed by atoms with Gasteiger partial charge in [-0.05, 0) is 55.4 Å². The van der Waals surface area contributed by atoms with Gasteiger partial charge in [0.1, 0.15) is 11.5 Å². The molecule has 0 spiro atoms. The van der Waals surface area contributed by atoms with Crippen molar-refractivity contribution in [2.24, 2.45) is 5.92 Å². The number of aromatic nitrogens is 2. The zero-order valence-corrected chi connectivity index (χ0v) is 13.2. The van der Waals surface area contributed by atoms with Gasteiger partial charge in [-0.2, -0.15) is 5.10 Å². The van der Waals surface area contributed by atoms with Crippen molar-refractivity contribution < 1.29 is 14.3 Å². The molecule has 2 fully saturated rings. The Labute approximate surface area is 139 Å². The molecule has 1 aromatic carbocycles. The smallest absolute Gasteiger partial charge is 0.272 e. The number of benzene rings is 1. The lowest BCUT2D eigenvalue weighted by Crippen LogP contribution is -2.41. The quantitative estimate of drug-likeness (QED) is 0.789. The molecule has 0 bridgehead atoms. The van der Waals surface area contributed by atoms with E-state index in [1.165, 1.54) is 12.1 Å². The van der Waals surface area contributed by atoms with Gasteiger partial charge in [0.05, 0.1) is 12.1 Å². The molecule has 24 heavy (non-hydrogen) atoms. The molecule has 126 valence electrons. The largest absolute Gasteiger partial charge is 0.393 e. The van der Waals surface area contributed by atoms with Crippen molar-refractivity contribution in [1.29, 1.82) is 0 Å². The minimum Gasteiger partial charge on any atom is -0.393 e. The Morgan fingerprint density at radius 3 is 2.62 bits per heavy atom. The fourth-order valence-corrected chi connectivity index (χ4v) is 3.32. The number of aliphatic hydroxyl groups is 1. The molecule has 0 saturated heterocycles. The number of carbonyl (C=O) groups is 1. The van der Waals surface area contributed by atoms with Gasteiger partial charge in [-0.15, -0.1) is 0 Å². The number of nitrogens with one attached hydrogen (secondary N) is 2. The van der Waals surface area contributed by atoms with Crippen molar-refractivity contribution >= 4 is 5.91 Å². The standard InChI is InChI=1S/C18H20FN3O2/c19-13-5-3-11(4-6-13)17(12-7-14(23)8-12)20-18(24)16-9-15(21-22-16)10-1-2-10/h3-6,9-10,12,14,17,23H,1-2,7-8H2,(H,20,24)(H,21,22). The zero-order chi connectivity index (χ0) is 16.7. The summed E-state index contributed by atoms with van der Waals surface area (Å²) < 4.78 is 13.2. The van der Waals surface area contributed by atoms with Crippen LogP contribution in [0.15, 0.2) is 30.3 Å². The lowest BCUT2D eigenvalue weighted by Gasteiger charge is -2.38. The Morgan fingerprint density at radius 2 is 2.00 bits per heavy atom. The van der Waals surface area contributed by atoms with Gasteiger partial charge in [-0.3, -0.25) is 9.89 Å². The van der Waals surface area contributed by atoms with Crippen LogP contribution >= 0.6 is 0 Å². The van der Waals surface area contributed by atoms with Crippen molar-refractivity contribution in [3.05, 3.63) is 53.1 Å². The van der Waals surface area contributed by atoms with Crippen LogP contribution in [0, 0.1) is 11.7 Å². The molecule has 2 aliphatic carbocycles. The van der Waals surface area contributed by atoms with Crippen molar-refractivity contribution in [2.75, 3.05) is 0 Å². The second-order valence-corrected chi connectivity index (χ2v) is 6.87.